The van der Waals surface area contributed by atoms with Crippen LogP contribution in [0.5, 0.6) is 0 Å². The summed E-state index contributed by atoms with van der Waals surface area (Å²) in [7, 11) is 0. The van der Waals surface area contributed by atoms with Gasteiger partial charge in [-0.25, -0.2) is 4.79 Å². The molecule has 1 aliphatic rings. The van der Waals surface area contributed by atoms with Crippen molar-refractivity contribution in [3.8, 4) is 0 Å². The SMILES string of the molecule is CC(C)[C@H]1CC[C@@H](C)C[C@@H]1NC(=O)O. The Hall–Kier alpha value is -0.730. The van der Waals surface area contributed by atoms with E-state index in [9.17, 15) is 4.79 Å². The minimum Gasteiger partial charge on any atom is -0.465 e. The lowest BCUT2D eigenvalue weighted by molar-refractivity contribution is 0.147. The summed E-state index contributed by atoms with van der Waals surface area (Å²) in [5.74, 6) is 1.74. The highest BCUT2D eigenvalue weighted by Gasteiger charge is 2.31. The Labute approximate surface area is 85.9 Å². The molecule has 0 heterocycles. The molecule has 0 unspecified atom stereocenters. The lowest BCUT2D eigenvalue weighted by Crippen LogP contribution is -2.45. The van der Waals surface area contributed by atoms with Crippen LogP contribution < -0.4 is 5.32 Å². The van der Waals surface area contributed by atoms with Crippen LogP contribution in [0.25, 0.3) is 0 Å². The summed E-state index contributed by atoms with van der Waals surface area (Å²) >= 11 is 0. The van der Waals surface area contributed by atoms with Crippen molar-refractivity contribution in [3.05, 3.63) is 0 Å². The summed E-state index contributed by atoms with van der Waals surface area (Å²) in [6.45, 7) is 6.56. The Balaban J connectivity index is 2.58. The topological polar surface area (TPSA) is 49.3 Å². The number of nitrogens with one attached hydrogen (secondary N) is 1. The minimum absolute atomic E-state index is 0.163. The molecule has 3 heteroatoms. The molecule has 0 aromatic carbocycles. The van der Waals surface area contributed by atoms with Crippen LogP contribution in [0.15, 0.2) is 0 Å². The normalized spacial score (nSPS) is 33.0. The summed E-state index contributed by atoms with van der Waals surface area (Å²) in [6.07, 6.45) is 2.51. The van der Waals surface area contributed by atoms with Crippen molar-refractivity contribution in [2.75, 3.05) is 0 Å². The van der Waals surface area contributed by atoms with E-state index in [1.165, 1.54) is 6.42 Å². The first kappa shape index (κ1) is 11.3. The fourth-order valence-electron chi connectivity index (χ4n) is 2.53. The highest BCUT2D eigenvalue weighted by atomic mass is 16.4. The molecule has 82 valence electrons. The van der Waals surface area contributed by atoms with E-state index in [1.54, 1.807) is 0 Å². The number of hydrogen-bond donors (Lipinski definition) is 2. The molecule has 0 bridgehead atoms. The van der Waals surface area contributed by atoms with Crippen molar-refractivity contribution in [2.45, 2.75) is 46.1 Å². The van der Waals surface area contributed by atoms with Crippen molar-refractivity contribution in [1.82, 2.24) is 5.32 Å². The average molecular weight is 199 g/mol. The van der Waals surface area contributed by atoms with Gasteiger partial charge in [-0.1, -0.05) is 27.2 Å². The molecule has 2 N–H and O–H groups in total. The Kier molecular flexibility index (Phi) is 3.78. The van der Waals surface area contributed by atoms with Gasteiger partial charge in [-0.3, -0.25) is 0 Å². The molecule has 14 heavy (non-hydrogen) atoms. The van der Waals surface area contributed by atoms with Gasteiger partial charge in [-0.15, -0.1) is 0 Å². The molecule has 1 aliphatic carbocycles. The van der Waals surface area contributed by atoms with Gasteiger partial charge in [-0.05, 0) is 30.6 Å². The third-order valence-corrected chi connectivity index (χ3v) is 3.33. The molecule has 0 aliphatic heterocycles. The van der Waals surface area contributed by atoms with Gasteiger partial charge in [0.15, 0.2) is 0 Å². The third-order valence-electron chi connectivity index (χ3n) is 3.33. The molecule has 0 aromatic rings. The Morgan fingerprint density at radius 2 is 2.07 bits per heavy atom. The number of hydrogen-bond acceptors (Lipinski definition) is 1. The first-order valence-electron chi connectivity index (χ1n) is 5.50. The predicted molar refractivity (Wildman–Crippen MR) is 56.3 cm³/mol. The first-order chi connectivity index (χ1) is 6.50. The van der Waals surface area contributed by atoms with Crippen molar-refractivity contribution in [1.29, 1.82) is 0 Å². The largest absolute Gasteiger partial charge is 0.465 e. The molecule has 0 spiro atoms. The summed E-state index contributed by atoms with van der Waals surface area (Å²) in [4.78, 5) is 10.6. The van der Waals surface area contributed by atoms with Gasteiger partial charge in [0.1, 0.15) is 0 Å². The van der Waals surface area contributed by atoms with Crippen LogP contribution in [0.4, 0.5) is 4.79 Å². The molecule has 1 saturated carbocycles. The summed E-state index contributed by atoms with van der Waals surface area (Å²) in [5, 5.41) is 11.4. The average Bonchev–Trinajstić information content (AvgIpc) is 2.01. The minimum atomic E-state index is -0.880. The van der Waals surface area contributed by atoms with Crippen molar-refractivity contribution in [3.63, 3.8) is 0 Å². The molecule has 1 amide bonds. The predicted octanol–water partition coefficient (Wildman–Crippen LogP) is 2.71. The van der Waals surface area contributed by atoms with Gasteiger partial charge < -0.3 is 10.4 Å². The molecule has 1 fully saturated rings. The molecule has 0 aromatic heterocycles. The molecule has 0 saturated heterocycles. The van der Waals surface area contributed by atoms with E-state index in [4.69, 9.17) is 5.11 Å². The highest BCUT2D eigenvalue weighted by molar-refractivity contribution is 5.64. The second kappa shape index (κ2) is 4.67. The zero-order valence-corrected chi connectivity index (χ0v) is 9.29. The summed E-state index contributed by atoms with van der Waals surface area (Å²) < 4.78 is 0. The number of rotatable bonds is 2. The maximum atomic E-state index is 10.6. The molecule has 3 atom stereocenters. The van der Waals surface area contributed by atoms with Gasteiger partial charge in [0.2, 0.25) is 0 Å². The van der Waals surface area contributed by atoms with E-state index in [2.05, 4.69) is 26.1 Å². The standard InChI is InChI=1S/C11H21NO2/c1-7(2)9-5-4-8(3)6-10(9)12-11(13)14/h7-10,12H,4-6H2,1-3H3,(H,13,14)/t8-,9-,10+/m1/s1. The quantitative estimate of drug-likeness (QED) is 0.718. The number of amides is 1. The van der Waals surface area contributed by atoms with Crippen LogP contribution in [0.3, 0.4) is 0 Å². The van der Waals surface area contributed by atoms with Gasteiger partial charge >= 0.3 is 6.09 Å². The molecule has 3 nitrogen and oxygen atoms in total. The zero-order valence-electron chi connectivity index (χ0n) is 9.29. The zero-order chi connectivity index (χ0) is 10.7. The fourth-order valence-corrected chi connectivity index (χ4v) is 2.53. The van der Waals surface area contributed by atoms with E-state index in [-0.39, 0.29) is 6.04 Å². The second-order valence-electron chi connectivity index (χ2n) is 4.88. The van der Waals surface area contributed by atoms with E-state index in [0.717, 1.165) is 12.8 Å². The van der Waals surface area contributed by atoms with Crippen molar-refractivity contribution >= 4 is 6.09 Å². The van der Waals surface area contributed by atoms with Gasteiger partial charge in [-0.2, -0.15) is 0 Å². The maximum absolute atomic E-state index is 10.6. The van der Waals surface area contributed by atoms with E-state index >= 15 is 0 Å². The fraction of sp³-hybridized carbons (Fsp3) is 0.909. The van der Waals surface area contributed by atoms with Gasteiger partial charge in [0.05, 0.1) is 0 Å². The van der Waals surface area contributed by atoms with Crippen LogP contribution in [-0.2, 0) is 0 Å². The maximum Gasteiger partial charge on any atom is 0.404 e. The van der Waals surface area contributed by atoms with E-state index in [1.807, 2.05) is 0 Å². The van der Waals surface area contributed by atoms with Gasteiger partial charge in [0, 0.05) is 6.04 Å². The molecule has 1 rings (SSSR count). The van der Waals surface area contributed by atoms with Crippen LogP contribution >= 0.6 is 0 Å². The Morgan fingerprint density at radius 3 is 2.57 bits per heavy atom. The smallest absolute Gasteiger partial charge is 0.404 e. The van der Waals surface area contributed by atoms with Crippen LogP contribution in [0.2, 0.25) is 0 Å². The molecular formula is C11H21NO2. The van der Waals surface area contributed by atoms with E-state index in [0.29, 0.717) is 17.8 Å². The van der Waals surface area contributed by atoms with Gasteiger partial charge in [0.25, 0.3) is 0 Å². The third kappa shape index (κ3) is 2.89. The molecule has 0 radical (unpaired) electrons. The van der Waals surface area contributed by atoms with E-state index < -0.39 is 6.09 Å². The number of carbonyl (C=O) groups is 1. The van der Waals surface area contributed by atoms with Crippen LogP contribution in [-0.4, -0.2) is 17.2 Å². The second-order valence-corrected chi connectivity index (χ2v) is 4.88. The van der Waals surface area contributed by atoms with Crippen molar-refractivity contribution < 1.29 is 9.90 Å². The van der Waals surface area contributed by atoms with Crippen LogP contribution in [0, 0.1) is 17.8 Å². The monoisotopic (exact) mass is 199 g/mol. The summed E-state index contributed by atoms with van der Waals surface area (Å²) in [5.41, 5.74) is 0. The highest BCUT2D eigenvalue weighted by Crippen LogP contribution is 2.33. The lowest BCUT2D eigenvalue weighted by atomic mass is 9.74. The van der Waals surface area contributed by atoms with Crippen molar-refractivity contribution in [2.24, 2.45) is 17.8 Å². The summed E-state index contributed by atoms with van der Waals surface area (Å²) in [6, 6.07) is 0.163. The number of carboxylic acid groups (broad SMARTS) is 1. The Bertz CT molecular complexity index is 203. The molecular weight excluding hydrogens is 178 g/mol. The Morgan fingerprint density at radius 1 is 1.43 bits per heavy atom. The lowest BCUT2D eigenvalue weighted by Gasteiger charge is -2.37. The first-order valence-corrected chi connectivity index (χ1v) is 5.50. The van der Waals surface area contributed by atoms with Crippen LogP contribution in [0.1, 0.15) is 40.0 Å².